The fourth-order valence-electron chi connectivity index (χ4n) is 3.16. The van der Waals surface area contributed by atoms with Crippen LogP contribution >= 0.6 is 17.0 Å². The predicted octanol–water partition coefficient (Wildman–Crippen LogP) is 5.07. The van der Waals surface area contributed by atoms with Gasteiger partial charge in [0.05, 0.1) is 11.1 Å². The number of nitrogens with zero attached hydrogens (tertiary/aromatic N) is 3. The summed E-state index contributed by atoms with van der Waals surface area (Å²) in [5, 5.41) is 10.9. The first kappa shape index (κ1) is 22.0. The van der Waals surface area contributed by atoms with Gasteiger partial charge in [-0.25, -0.2) is 4.57 Å². The smallest absolute Gasteiger partial charge is 0.287 e. The van der Waals surface area contributed by atoms with Gasteiger partial charge in [-0.3, -0.25) is 14.9 Å². The lowest BCUT2D eigenvalue weighted by molar-refractivity contribution is -0.686. The number of carbonyl (C=O) groups is 1. The van der Waals surface area contributed by atoms with E-state index in [-0.39, 0.29) is 35.0 Å². The van der Waals surface area contributed by atoms with E-state index in [0.717, 1.165) is 22.4 Å². The number of benzene rings is 3. The molecule has 4 aromatic rings. The van der Waals surface area contributed by atoms with Crippen LogP contribution in [-0.4, -0.2) is 15.7 Å². The molecule has 4 rings (SSSR count). The first-order valence-electron chi connectivity index (χ1n) is 9.39. The molecule has 1 aromatic heterocycles. The van der Waals surface area contributed by atoms with E-state index in [2.05, 4.69) is 29.2 Å². The molecule has 0 aliphatic rings. The van der Waals surface area contributed by atoms with Gasteiger partial charge in [0.15, 0.2) is 12.2 Å². The van der Waals surface area contributed by atoms with Crippen molar-refractivity contribution >= 4 is 28.5 Å². The number of halogens is 1. The van der Waals surface area contributed by atoms with Crippen LogP contribution in [0.5, 0.6) is 0 Å². The highest BCUT2D eigenvalue weighted by Gasteiger charge is 2.15. The highest BCUT2D eigenvalue weighted by atomic mass is 79.9. The molecule has 0 radical (unpaired) electrons. The molecular weight excluding hydrogens is 458 g/mol. The first-order valence-corrected chi connectivity index (χ1v) is 9.39. The Bertz CT molecular complexity index is 1190. The van der Waals surface area contributed by atoms with Crippen molar-refractivity contribution in [1.82, 2.24) is 4.98 Å². The number of nitro groups is 1. The molecule has 0 bridgehead atoms. The van der Waals surface area contributed by atoms with E-state index in [1.807, 2.05) is 36.4 Å². The Labute approximate surface area is 189 Å². The zero-order valence-electron chi connectivity index (χ0n) is 16.4. The number of Topliss-reactive ketones (excluding diaryl/α,β-unsaturated/α-hetero) is 1. The van der Waals surface area contributed by atoms with E-state index < -0.39 is 4.92 Å². The SMILES string of the molecule is Br.O=C(C[n+]1ccc(-c2ccc(-c3ccccc3)cc2)nc1)c1cccc([N+](=O)[O-])c1. The van der Waals surface area contributed by atoms with Crippen molar-refractivity contribution < 1.29 is 14.3 Å². The molecule has 0 saturated carbocycles. The van der Waals surface area contributed by atoms with Gasteiger partial charge in [0, 0.05) is 29.3 Å². The van der Waals surface area contributed by atoms with Crippen LogP contribution in [0.4, 0.5) is 5.69 Å². The molecule has 0 unspecified atom stereocenters. The van der Waals surface area contributed by atoms with Crippen molar-refractivity contribution in [3.8, 4) is 22.4 Å². The zero-order valence-corrected chi connectivity index (χ0v) is 18.1. The highest BCUT2D eigenvalue weighted by Crippen LogP contribution is 2.23. The maximum atomic E-state index is 12.4. The number of ketones is 1. The van der Waals surface area contributed by atoms with Gasteiger partial charge < -0.3 is 0 Å². The molecule has 1 heterocycles. The lowest BCUT2D eigenvalue weighted by Gasteiger charge is -2.03. The van der Waals surface area contributed by atoms with E-state index in [1.54, 1.807) is 23.2 Å². The van der Waals surface area contributed by atoms with Crippen LogP contribution in [0.2, 0.25) is 0 Å². The molecule has 0 aliphatic carbocycles. The third-order valence-electron chi connectivity index (χ3n) is 4.76. The molecule has 31 heavy (non-hydrogen) atoms. The van der Waals surface area contributed by atoms with Crippen molar-refractivity contribution in [2.24, 2.45) is 0 Å². The van der Waals surface area contributed by atoms with Crippen molar-refractivity contribution in [2.45, 2.75) is 6.54 Å². The van der Waals surface area contributed by atoms with Gasteiger partial charge in [0.1, 0.15) is 0 Å². The maximum Gasteiger partial charge on any atom is 0.287 e. The summed E-state index contributed by atoms with van der Waals surface area (Å²) in [4.78, 5) is 27.3. The Balaban J connectivity index is 0.00000272. The van der Waals surface area contributed by atoms with E-state index in [1.165, 1.54) is 18.2 Å². The molecule has 0 aliphatic heterocycles. The molecular formula is C24H19BrN3O3+. The van der Waals surface area contributed by atoms with Crippen molar-refractivity contribution in [2.75, 3.05) is 0 Å². The molecule has 0 saturated heterocycles. The number of hydrogen-bond acceptors (Lipinski definition) is 4. The quantitative estimate of drug-likeness (QED) is 0.168. The summed E-state index contributed by atoms with van der Waals surface area (Å²) < 4.78 is 1.66. The lowest BCUT2D eigenvalue weighted by atomic mass is 10.0. The summed E-state index contributed by atoms with van der Waals surface area (Å²) in [5.41, 5.74) is 4.27. The second-order valence-electron chi connectivity index (χ2n) is 6.79. The van der Waals surface area contributed by atoms with Crippen molar-refractivity contribution in [1.29, 1.82) is 0 Å². The van der Waals surface area contributed by atoms with Crippen LogP contribution in [-0.2, 0) is 6.54 Å². The van der Waals surface area contributed by atoms with E-state index in [4.69, 9.17) is 0 Å². The fourth-order valence-corrected chi connectivity index (χ4v) is 3.16. The topological polar surface area (TPSA) is 77.0 Å². The Morgan fingerprint density at radius 2 is 1.55 bits per heavy atom. The number of rotatable bonds is 6. The van der Waals surface area contributed by atoms with Gasteiger partial charge in [0.25, 0.3) is 12.0 Å². The lowest BCUT2D eigenvalue weighted by Crippen LogP contribution is -2.37. The minimum absolute atomic E-state index is 0. The van der Waals surface area contributed by atoms with Gasteiger partial charge in [-0.15, -0.1) is 17.0 Å². The van der Waals surface area contributed by atoms with E-state index >= 15 is 0 Å². The minimum Gasteiger partial charge on any atom is -0.290 e. The highest BCUT2D eigenvalue weighted by molar-refractivity contribution is 8.93. The monoisotopic (exact) mass is 476 g/mol. The second kappa shape index (κ2) is 9.86. The molecule has 0 N–H and O–H groups in total. The summed E-state index contributed by atoms with van der Waals surface area (Å²) in [7, 11) is 0. The zero-order chi connectivity index (χ0) is 20.9. The van der Waals surface area contributed by atoms with Gasteiger partial charge >= 0.3 is 0 Å². The van der Waals surface area contributed by atoms with Crippen molar-refractivity contribution in [3.05, 3.63) is 113 Å². The summed E-state index contributed by atoms with van der Waals surface area (Å²) >= 11 is 0. The minimum atomic E-state index is -0.511. The number of non-ortho nitro benzene ring substituents is 1. The van der Waals surface area contributed by atoms with Crippen LogP contribution in [0, 0.1) is 10.1 Å². The Kier molecular flexibility index (Phi) is 6.99. The van der Waals surface area contributed by atoms with Crippen LogP contribution in [0.1, 0.15) is 10.4 Å². The fraction of sp³-hybridized carbons (Fsp3) is 0.0417. The summed E-state index contributed by atoms with van der Waals surface area (Å²) in [6.07, 6.45) is 3.37. The normalized spacial score (nSPS) is 10.2. The molecule has 0 atom stereocenters. The molecule has 0 spiro atoms. The Hall–Kier alpha value is -3.71. The first-order chi connectivity index (χ1) is 14.6. The average Bonchev–Trinajstić information content (AvgIpc) is 2.80. The van der Waals surface area contributed by atoms with Crippen LogP contribution in [0.3, 0.4) is 0 Å². The average molecular weight is 477 g/mol. The van der Waals surface area contributed by atoms with Gasteiger partial charge in [-0.05, 0) is 28.2 Å². The molecule has 3 aromatic carbocycles. The third kappa shape index (κ3) is 5.26. The third-order valence-corrected chi connectivity index (χ3v) is 4.76. The maximum absolute atomic E-state index is 12.4. The summed E-state index contributed by atoms with van der Waals surface area (Å²) in [6, 6.07) is 25.9. The largest absolute Gasteiger partial charge is 0.290 e. The van der Waals surface area contributed by atoms with Crippen LogP contribution in [0.15, 0.2) is 97.5 Å². The molecule has 0 amide bonds. The van der Waals surface area contributed by atoms with E-state index in [9.17, 15) is 14.9 Å². The van der Waals surface area contributed by atoms with Gasteiger partial charge in [0.2, 0.25) is 5.78 Å². The number of nitro benzene ring substituents is 1. The molecule has 154 valence electrons. The van der Waals surface area contributed by atoms with Crippen molar-refractivity contribution in [3.63, 3.8) is 0 Å². The Morgan fingerprint density at radius 1 is 0.871 bits per heavy atom. The summed E-state index contributed by atoms with van der Waals surface area (Å²) in [5.74, 6) is -0.217. The molecule has 7 heteroatoms. The predicted molar refractivity (Wildman–Crippen MR) is 123 cm³/mol. The number of hydrogen-bond donors (Lipinski definition) is 0. The number of carbonyl (C=O) groups excluding carboxylic acids is 1. The Morgan fingerprint density at radius 3 is 2.19 bits per heavy atom. The molecule has 0 fully saturated rings. The standard InChI is InChI=1S/C24H18N3O3.BrH/c28-24(21-7-4-8-22(15-21)27(29)30)16-26-14-13-23(25-17-26)20-11-9-19(10-12-20)18-5-2-1-3-6-18;/h1-15,17H,16H2;1H/q+1;. The van der Waals surface area contributed by atoms with Crippen LogP contribution < -0.4 is 4.57 Å². The number of aromatic nitrogens is 2. The second-order valence-corrected chi connectivity index (χ2v) is 6.79. The van der Waals surface area contributed by atoms with Gasteiger partial charge in [-0.2, -0.15) is 0 Å². The van der Waals surface area contributed by atoms with E-state index in [0.29, 0.717) is 5.56 Å². The summed E-state index contributed by atoms with van der Waals surface area (Å²) in [6.45, 7) is 0.0569. The molecule has 6 nitrogen and oxygen atoms in total. The van der Waals surface area contributed by atoms with Gasteiger partial charge in [-0.1, -0.05) is 54.6 Å². The van der Waals surface area contributed by atoms with Crippen LogP contribution in [0.25, 0.3) is 22.4 Å².